The summed E-state index contributed by atoms with van der Waals surface area (Å²) in [6.45, 7) is 0. The maximum Gasteiger partial charge on any atom is 0.196 e. The third kappa shape index (κ3) is 3.31. The van der Waals surface area contributed by atoms with Crippen molar-refractivity contribution in [1.82, 2.24) is 0 Å². The van der Waals surface area contributed by atoms with Gasteiger partial charge in [-0.3, -0.25) is 0 Å². The zero-order valence-corrected chi connectivity index (χ0v) is 12.6. The zero-order chi connectivity index (χ0) is 16.1. The predicted octanol–water partition coefficient (Wildman–Crippen LogP) is 3.73. The summed E-state index contributed by atoms with van der Waals surface area (Å²) in [5, 5.41) is 9.73. The molecule has 0 heterocycles. The van der Waals surface area contributed by atoms with Crippen LogP contribution in [0.15, 0.2) is 30.3 Å². The van der Waals surface area contributed by atoms with E-state index in [2.05, 4.69) is 0 Å². The molecule has 0 saturated heterocycles. The molecule has 0 spiro atoms. The summed E-state index contributed by atoms with van der Waals surface area (Å²) in [5.41, 5.74) is 1.37. The lowest BCUT2D eigenvalue weighted by Crippen LogP contribution is -1.94. The molecule has 0 aromatic heterocycles. The van der Waals surface area contributed by atoms with E-state index in [0.717, 1.165) is 5.56 Å². The first kappa shape index (κ1) is 15.7. The SMILES string of the molecule is COc1ccc(/C=C\c2cc(F)c(OC)c(OC)c2)cc1O. The molecule has 0 fully saturated rings. The fraction of sp³-hybridized carbons (Fsp3) is 0.176. The van der Waals surface area contributed by atoms with Gasteiger partial charge in [-0.1, -0.05) is 18.2 Å². The molecule has 4 nitrogen and oxygen atoms in total. The maximum absolute atomic E-state index is 13.9. The molecule has 5 heteroatoms. The van der Waals surface area contributed by atoms with Gasteiger partial charge in [-0.05, 0) is 35.4 Å². The van der Waals surface area contributed by atoms with Crippen LogP contribution in [0.3, 0.4) is 0 Å². The van der Waals surface area contributed by atoms with E-state index in [0.29, 0.717) is 17.1 Å². The van der Waals surface area contributed by atoms with Crippen molar-refractivity contribution in [3.8, 4) is 23.0 Å². The van der Waals surface area contributed by atoms with Gasteiger partial charge in [0.25, 0.3) is 0 Å². The number of methoxy groups -OCH3 is 3. The largest absolute Gasteiger partial charge is 0.504 e. The van der Waals surface area contributed by atoms with E-state index in [-0.39, 0.29) is 11.5 Å². The number of aromatic hydroxyl groups is 1. The fourth-order valence-corrected chi connectivity index (χ4v) is 2.04. The van der Waals surface area contributed by atoms with Crippen LogP contribution in [0.2, 0.25) is 0 Å². The maximum atomic E-state index is 13.9. The molecule has 0 radical (unpaired) electrons. The highest BCUT2D eigenvalue weighted by atomic mass is 19.1. The molecule has 2 rings (SSSR count). The Morgan fingerprint density at radius 1 is 0.864 bits per heavy atom. The van der Waals surface area contributed by atoms with Gasteiger partial charge in [0.1, 0.15) is 0 Å². The van der Waals surface area contributed by atoms with Gasteiger partial charge in [0.2, 0.25) is 0 Å². The third-order valence-electron chi connectivity index (χ3n) is 3.13. The number of ether oxygens (including phenoxy) is 3. The highest BCUT2D eigenvalue weighted by molar-refractivity contribution is 5.72. The number of hydrogen-bond donors (Lipinski definition) is 1. The molecule has 0 aliphatic heterocycles. The van der Waals surface area contributed by atoms with E-state index < -0.39 is 5.82 Å². The van der Waals surface area contributed by atoms with Crippen molar-refractivity contribution in [2.75, 3.05) is 21.3 Å². The van der Waals surface area contributed by atoms with Crippen LogP contribution in [0.5, 0.6) is 23.0 Å². The Bertz CT molecular complexity index is 695. The smallest absolute Gasteiger partial charge is 0.196 e. The third-order valence-corrected chi connectivity index (χ3v) is 3.13. The van der Waals surface area contributed by atoms with E-state index >= 15 is 0 Å². The lowest BCUT2D eigenvalue weighted by molar-refractivity contribution is 0.337. The topological polar surface area (TPSA) is 47.9 Å². The van der Waals surface area contributed by atoms with E-state index in [9.17, 15) is 9.50 Å². The molecule has 0 aliphatic carbocycles. The lowest BCUT2D eigenvalue weighted by atomic mass is 10.1. The summed E-state index contributed by atoms with van der Waals surface area (Å²) >= 11 is 0. The first-order valence-corrected chi connectivity index (χ1v) is 6.55. The molecule has 0 amide bonds. The minimum atomic E-state index is -0.501. The minimum Gasteiger partial charge on any atom is -0.504 e. The molecular formula is C17H17FO4. The van der Waals surface area contributed by atoms with Crippen LogP contribution < -0.4 is 14.2 Å². The Hall–Kier alpha value is -2.69. The first-order valence-electron chi connectivity index (χ1n) is 6.55. The highest BCUT2D eigenvalue weighted by Crippen LogP contribution is 2.32. The number of phenols is 1. The molecule has 0 unspecified atom stereocenters. The normalized spacial score (nSPS) is 10.7. The predicted molar refractivity (Wildman–Crippen MR) is 83.1 cm³/mol. The average molecular weight is 304 g/mol. The summed E-state index contributed by atoms with van der Waals surface area (Å²) in [6.07, 6.45) is 3.46. The second-order valence-electron chi connectivity index (χ2n) is 4.50. The molecule has 1 N–H and O–H groups in total. The van der Waals surface area contributed by atoms with Gasteiger partial charge in [0, 0.05) is 0 Å². The number of halogens is 1. The van der Waals surface area contributed by atoms with Gasteiger partial charge in [-0.25, -0.2) is 4.39 Å². The second kappa shape index (κ2) is 6.85. The molecular weight excluding hydrogens is 287 g/mol. The van der Waals surface area contributed by atoms with Crippen molar-refractivity contribution in [1.29, 1.82) is 0 Å². The van der Waals surface area contributed by atoms with Crippen LogP contribution in [0.1, 0.15) is 11.1 Å². The number of hydrogen-bond acceptors (Lipinski definition) is 4. The van der Waals surface area contributed by atoms with Gasteiger partial charge in [0.15, 0.2) is 28.8 Å². The fourth-order valence-electron chi connectivity index (χ4n) is 2.04. The Morgan fingerprint density at radius 2 is 1.55 bits per heavy atom. The first-order chi connectivity index (χ1) is 10.6. The van der Waals surface area contributed by atoms with Gasteiger partial charge < -0.3 is 19.3 Å². The molecule has 0 bridgehead atoms. The molecule has 22 heavy (non-hydrogen) atoms. The van der Waals surface area contributed by atoms with Crippen LogP contribution in [0.4, 0.5) is 4.39 Å². The molecule has 116 valence electrons. The molecule has 2 aromatic rings. The molecule has 0 aliphatic rings. The Morgan fingerprint density at radius 3 is 2.14 bits per heavy atom. The molecule has 0 saturated carbocycles. The monoisotopic (exact) mass is 304 g/mol. The minimum absolute atomic E-state index is 0.0446. The Balaban J connectivity index is 2.30. The van der Waals surface area contributed by atoms with Gasteiger partial charge in [-0.2, -0.15) is 0 Å². The molecule has 0 atom stereocenters. The van der Waals surface area contributed by atoms with Gasteiger partial charge in [-0.15, -0.1) is 0 Å². The van der Waals surface area contributed by atoms with Crippen LogP contribution in [0, 0.1) is 5.82 Å². The summed E-state index contributed by atoms with van der Waals surface area (Å²) in [6, 6.07) is 8.02. The van der Waals surface area contributed by atoms with Crippen molar-refractivity contribution >= 4 is 12.2 Å². The van der Waals surface area contributed by atoms with E-state index in [1.165, 1.54) is 27.4 Å². The van der Waals surface area contributed by atoms with E-state index in [1.54, 1.807) is 36.4 Å². The van der Waals surface area contributed by atoms with Crippen molar-refractivity contribution in [3.63, 3.8) is 0 Å². The number of benzene rings is 2. The number of phenolic OH excluding ortho intramolecular Hbond substituents is 1. The van der Waals surface area contributed by atoms with Crippen LogP contribution in [0.25, 0.3) is 12.2 Å². The highest BCUT2D eigenvalue weighted by Gasteiger charge is 2.11. The molecule has 2 aromatic carbocycles. The van der Waals surface area contributed by atoms with Crippen LogP contribution in [-0.2, 0) is 0 Å². The lowest BCUT2D eigenvalue weighted by Gasteiger charge is -2.09. The summed E-state index contributed by atoms with van der Waals surface area (Å²) < 4.78 is 28.9. The zero-order valence-electron chi connectivity index (χ0n) is 12.6. The standard InChI is InChI=1S/C17H17FO4/c1-20-15-7-6-11(9-14(15)19)4-5-12-8-13(18)17(22-3)16(10-12)21-2/h4-10,19H,1-3H3/b5-4-. The van der Waals surface area contributed by atoms with Gasteiger partial charge >= 0.3 is 0 Å². The second-order valence-corrected chi connectivity index (χ2v) is 4.50. The van der Waals surface area contributed by atoms with Crippen LogP contribution in [-0.4, -0.2) is 26.4 Å². The summed E-state index contributed by atoms with van der Waals surface area (Å²) in [4.78, 5) is 0. The number of rotatable bonds is 5. The van der Waals surface area contributed by atoms with Gasteiger partial charge in [0.05, 0.1) is 21.3 Å². The quantitative estimate of drug-likeness (QED) is 0.855. The average Bonchev–Trinajstić information content (AvgIpc) is 2.52. The van der Waals surface area contributed by atoms with E-state index in [1.807, 2.05) is 0 Å². The van der Waals surface area contributed by atoms with Crippen LogP contribution >= 0.6 is 0 Å². The van der Waals surface area contributed by atoms with Crippen molar-refractivity contribution in [3.05, 3.63) is 47.3 Å². The summed E-state index contributed by atoms with van der Waals surface area (Å²) in [7, 11) is 4.32. The van der Waals surface area contributed by atoms with E-state index in [4.69, 9.17) is 14.2 Å². The van der Waals surface area contributed by atoms with Crippen molar-refractivity contribution in [2.24, 2.45) is 0 Å². The Kier molecular flexibility index (Phi) is 4.88. The Labute approximate surface area is 128 Å². The summed E-state index contributed by atoms with van der Waals surface area (Å²) in [5.74, 6) is 0.331. The van der Waals surface area contributed by atoms with Crippen molar-refractivity contribution in [2.45, 2.75) is 0 Å². The van der Waals surface area contributed by atoms with Crippen molar-refractivity contribution < 1.29 is 23.7 Å².